The van der Waals surface area contributed by atoms with Gasteiger partial charge in [-0.25, -0.2) is 0 Å². The first-order chi connectivity index (χ1) is 19.4. The van der Waals surface area contributed by atoms with Gasteiger partial charge in [-0.3, -0.25) is 0 Å². The Morgan fingerprint density at radius 2 is 0.800 bits per heavy atom. The predicted molar refractivity (Wildman–Crippen MR) is 166 cm³/mol. The number of rotatable bonds is 7. The zero-order chi connectivity index (χ0) is 28.4. The predicted octanol–water partition coefficient (Wildman–Crippen LogP) is 6.56. The summed E-state index contributed by atoms with van der Waals surface area (Å²) in [4.78, 5) is 19.5. The number of amides is 1. The van der Waals surface area contributed by atoms with E-state index in [0.29, 0.717) is 11.1 Å². The second-order valence-electron chi connectivity index (χ2n) is 8.88. The van der Waals surface area contributed by atoms with Gasteiger partial charge in [0, 0.05) is 0 Å². The molecule has 0 aliphatic heterocycles. The van der Waals surface area contributed by atoms with Crippen LogP contribution in [0.2, 0.25) is 0 Å². The van der Waals surface area contributed by atoms with Gasteiger partial charge in [-0.1, -0.05) is 167 Å². The number of carbonyl (C=O) groups is 1. The third-order valence-corrected chi connectivity index (χ3v) is 10.6. The van der Waals surface area contributed by atoms with Crippen LogP contribution in [0.5, 0.6) is 0 Å². The molecule has 1 amide bonds. The van der Waals surface area contributed by atoms with E-state index < -0.39 is 34.4 Å². The van der Waals surface area contributed by atoms with Crippen molar-refractivity contribution in [1.29, 1.82) is 0 Å². The van der Waals surface area contributed by atoms with E-state index in [0.717, 1.165) is 15.6 Å². The van der Waals surface area contributed by atoms with Crippen molar-refractivity contribution in [3.8, 4) is 0 Å². The first kappa shape index (κ1) is 30.3. The van der Waals surface area contributed by atoms with Crippen LogP contribution in [0, 0.1) is 0 Å². The van der Waals surface area contributed by atoms with Crippen LogP contribution in [0.15, 0.2) is 152 Å². The molecule has 1 N–H and O–H groups in total. The Hall–Kier alpha value is -2.67. The Labute approximate surface area is 253 Å². The van der Waals surface area contributed by atoms with Crippen LogP contribution in [0.3, 0.4) is 0 Å². The summed E-state index contributed by atoms with van der Waals surface area (Å²) >= 11 is -1.92. The fraction of sp³-hybridized carbons (Fsp3) is 0.0312. The monoisotopic (exact) mass is 637 g/mol. The molecular weight excluding hydrogens is 613 g/mol. The molecule has 0 aromatic heterocycles. The van der Waals surface area contributed by atoms with Gasteiger partial charge in [0.2, 0.25) is 0 Å². The first-order valence-corrected chi connectivity index (χ1v) is 20.9. The molecule has 0 radical (unpaired) electrons. The van der Waals surface area contributed by atoms with Gasteiger partial charge in [0.15, 0.2) is 5.60 Å². The molecule has 0 saturated heterocycles. The van der Waals surface area contributed by atoms with E-state index >= 15 is 0 Å². The molecule has 3 nitrogen and oxygen atoms in total. The Balaban J connectivity index is 0.000000867. The number of hydrogen-bond acceptors (Lipinski definition) is 2. The zero-order valence-corrected chi connectivity index (χ0v) is 26.2. The fourth-order valence-corrected chi connectivity index (χ4v) is 8.62. The molecule has 0 atom stereocenters. The van der Waals surface area contributed by atoms with Crippen LogP contribution < -0.4 is 15.6 Å². The van der Waals surface area contributed by atoms with Crippen LogP contribution in [0.4, 0.5) is 0 Å². The summed E-state index contributed by atoms with van der Waals surface area (Å²) < 4.78 is 0. The van der Waals surface area contributed by atoms with E-state index in [2.05, 4.69) is 0 Å². The summed E-state index contributed by atoms with van der Waals surface area (Å²) in [5.41, 5.74) is -0.955. The summed E-state index contributed by atoms with van der Waals surface area (Å²) in [6, 6.07) is 48.1. The maximum atomic E-state index is 14.4. The Kier molecular flexibility index (Phi) is 10.8. The average molecular weight is 639 g/mol. The van der Waals surface area contributed by atoms with Crippen LogP contribution in [-0.2, 0) is 25.1 Å². The summed E-state index contributed by atoms with van der Waals surface area (Å²) in [6.07, 6.45) is 0. The SMILES string of the molecule is O=C([N-][Si](c1ccccc1)(c1ccccc1)c1ccccc1)C(O)(c1ccccc1)c1ccccc1.[Cl][Ti+]([Cl])[Cl]. The van der Waals surface area contributed by atoms with Crippen molar-refractivity contribution in [2.24, 2.45) is 0 Å². The third kappa shape index (κ3) is 6.79. The molecule has 0 bridgehead atoms. The minimum absolute atomic E-state index is 0.488. The number of halogens is 3. The molecule has 5 aromatic rings. The number of hydrogen-bond donors (Lipinski definition) is 1. The second-order valence-corrected chi connectivity index (χ2v) is 20.0. The van der Waals surface area contributed by atoms with Crippen molar-refractivity contribution >= 4 is 57.6 Å². The van der Waals surface area contributed by atoms with Gasteiger partial charge in [0.25, 0.3) is 0 Å². The number of nitrogens with zero attached hydrogens (tertiary/aromatic N) is 1. The topological polar surface area (TPSA) is 51.4 Å². The van der Waals surface area contributed by atoms with E-state index in [4.69, 9.17) is 32.9 Å². The zero-order valence-electron chi connectivity index (χ0n) is 21.4. The van der Waals surface area contributed by atoms with E-state index in [1.165, 1.54) is 0 Å². The van der Waals surface area contributed by atoms with Gasteiger partial charge >= 0.3 is 42.6 Å². The summed E-state index contributed by atoms with van der Waals surface area (Å²) in [5.74, 6) is -0.580. The van der Waals surface area contributed by atoms with Crippen molar-refractivity contribution in [2.75, 3.05) is 0 Å². The summed E-state index contributed by atoms with van der Waals surface area (Å²) in [7, 11) is 11.7. The van der Waals surface area contributed by atoms with Gasteiger partial charge in [0.1, 0.15) is 0 Å². The van der Waals surface area contributed by atoms with Crippen LogP contribution in [0.1, 0.15) is 11.1 Å². The summed E-state index contributed by atoms with van der Waals surface area (Å²) in [5, 5.41) is 15.1. The van der Waals surface area contributed by atoms with Crippen molar-refractivity contribution in [1.82, 2.24) is 0 Å². The molecular formula is C32H26Cl3NO2SiTi. The average Bonchev–Trinajstić information content (AvgIpc) is 3.01. The quantitative estimate of drug-likeness (QED) is 0.162. The molecule has 0 unspecified atom stereocenters. The van der Waals surface area contributed by atoms with Crippen molar-refractivity contribution in [3.63, 3.8) is 0 Å². The van der Waals surface area contributed by atoms with Crippen molar-refractivity contribution in [3.05, 3.63) is 168 Å². The molecule has 5 aromatic carbocycles. The molecule has 0 saturated carbocycles. The molecule has 0 aliphatic carbocycles. The van der Waals surface area contributed by atoms with Crippen molar-refractivity contribution < 1.29 is 24.6 Å². The van der Waals surface area contributed by atoms with Gasteiger partial charge in [-0.05, 0) is 11.1 Å². The van der Waals surface area contributed by atoms with Crippen LogP contribution >= 0.6 is 27.9 Å². The molecule has 5 rings (SSSR count). The van der Waals surface area contributed by atoms with Crippen molar-refractivity contribution in [2.45, 2.75) is 5.60 Å². The molecule has 0 spiro atoms. The van der Waals surface area contributed by atoms with Crippen LogP contribution in [-0.4, -0.2) is 19.2 Å². The molecule has 0 fully saturated rings. The fourth-order valence-electron chi connectivity index (χ4n) is 4.74. The third-order valence-electron chi connectivity index (χ3n) is 6.54. The van der Waals surface area contributed by atoms with E-state index in [1.807, 2.05) is 127 Å². The van der Waals surface area contributed by atoms with E-state index in [-0.39, 0.29) is 0 Å². The maximum absolute atomic E-state index is 14.4. The number of benzene rings is 5. The Bertz CT molecular complexity index is 1340. The minimum atomic E-state index is -3.25. The Morgan fingerprint density at radius 1 is 0.550 bits per heavy atom. The molecule has 40 heavy (non-hydrogen) atoms. The molecule has 0 heterocycles. The first-order valence-electron chi connectivity index (χ1n) is 12.5. The standard InChI is InChI=1S/C32H27NO2Si.3ClH.Ti/c34-31(32(35,26-16-6-1-7-17-26)27-18-8-2-9-19-27)33-36(28-20-10-3-11-21-28,29-22-12-4-13-23-29)30-24-14-5-15-25-30;;;;/h1-25,35H,(H,33,34);3*1H;/q;;;;+4/p-4. The molecule has 0 aliphatic rings. The van der Waals surface area contributed by atoms with E-state index in [9.17, 15) is 9.90 Å². The molecule has 8 heteroatoms. The van der Waals surface area contributed by atoms with Gasteiger partial charge < -0.3 is 14.9 Å². The number of aliphatic hydroxyl groups is 1. The van der Waals surface area contributed by atoms with Gasteiger partial charge in [-0.2, -0.15) is 0 Å². The van der Waals surface area contributed by atoms with E-state index in [1.54, 1.807) is 24.3 Å². The van der Waals surface area contributed by atoms with Gasteiger partial charge in [0.05, 0.1) is 14.1 Å². The second kappa shape index (κ2) is 14.3. The number of carbonyl (C=O) groups excluding carboxylic acids is 1. The van der Waals surface area contributed by atoms with Crippen LogP contribution in [0.25, 0.3) is 4.98 Å². The summed E-state index contributed by atoms with van der Waals surface area (Å²) in [6.45, 7) is 0. The normalized spacial score (nSPS) is 11.1. The molecule has 200 valence electrons. The van der Waals surface area contributed by atoms with Gasteiger partial charge in [-0.15, -0.1) is 0 Å². The Morgan fingerprint density at radius 3 is 1.07 bits per heavy atom.